The average molecular weight is 239 g/mol. The Hall–Kier alpha value is -2.16. The number of rotatable bonds is 2. The molecule has 0 unspecified atom stereocenters. The minimum absolute atomic E-state index is 0.733. The molecule has 2 N–H and O–H groups in total. The van der Waals surface area contributed by atoms with E-state index in [-0.39, 0.29) is 0 Å². The first kappa shape index (κ1) is 12.3. The van der Waals surface area contributed by atoms with E-state index < -0.39 is 0 Å². The summed E-state index contributed by atoms with van der Waals surface area (Å²) in [6.07, 6.45) is 0. The van der Waals surface area contributed by atoms with Gasteiger partial charge in [-0.25, -0.2) is 0 Å². The molecule has 0 radical (unpaired) electrons. The fourth-order valence-electron chi connectivity index (χ4n) is 1.70. The maximum absolute atomic E-state index is 5.62. The topological polar surface area (TPSA) is 50.7 Å². The zero-order valence-corrected chi connectivity index (χ0v) is 10.9. The van der Waals surface area contributed by atoms with Crippen molar-refractivity contribution in [3.63, 3.8) is 0 Å². The molecule has 92 valence electrons. The highest BCUT2D eigenvalue weighted by Gasteiger charge is 2.02. The van der Waals surface area contributed by atoms with Gasteiger partial charge in [0, 0.05) is 5.69 Å². The van der Waals surface area contributed by atoms with E-state index in [2.05, 4.69) is 37.1 Å². The van der Waals surface area contributed by atoms with Gasteiger partial charge in [-0.05, 0) is 67.8 Å². The van der Waals surface area contributed by atoms with E-state index in [1.807, 2.05) is 30.3 Å². The lowest BCUT2D eigenvalue weighted by Crippen LogP contribution is -1.85. The van der Waals surface area contributed by atoms with Crippen molar-refractivity contribution in [2.75, 3.05) is 5.73 Å². The van der Waals surface area contributed by atoms with E-state index in [9.17, 15) is 0 Å². The number of hydrogen-bond donors (Lipinski definition) is 1. The van der Waals surface area contributed by atoms with Gasteiger partial charge < -0.3 is 5.73 Å². The number of nitrogens with zero attached hydrogens (tertiary/aromatic N) is 2. The largest absolute Gasteiger partial charge is 0.399 e. The van der Waals surface area contributed by atoms with Crippen LogP contribution >= 0.6 is 0 Å². The van der Waals surface area contributed by atoms with E-state index in [1.165, 1.54) is 16.7 Å². The van der Waals surface area contributed by atoms with Crippen molar-refractivity contribution in [3.05, 3.63) is 53.1 Å². The van der Waals surface area contributed by atoms with E-state index >= 15 is 0 Å². The van der Waals surface area contributed by atoms with Crippen LogP contribution in [0, 0.1) is 20.8 Å². The maximum atomic E-state index is 5.62. The Morgan fingerprint density at radius 2 is 1.44 bits per heavy atom. The van der Waals surface area contributed by atoms with Crippen molar-refractivity contribution < 1.29 is 0 Å². The van der Waals surface area contributed by atoms with Gasteiger partial charge in [0.25, 0.3) is 0 Å². The zero-order valence-electron chi connectivity index (χ0n) is 10.9. The van der Waals surface area contributed by atoms with Crippen LogP contribution in [0.15, 0.2) is 46.6 Å². The lowest BCUT2D eigenvalue weighted by Gasteiger charge is -2.06. The van der Waals surface area contributed by atoms with Crippen LogP contribution in [0.1, 0.15) is 16.7 Å². The van der Waals surface area contributed by atoms with Crippen molar-refractivity contribution in [1.82, 2.24) is 0 Å². The number of azo groups is 1. The fraction of sp³-hybridized carbons (Fsp3) is 0.200. The summed E-state index contributed by atoms with van der Waals surface area (Å²) < 4.78 is 0. The molecule has 0 spiro atoms. The van der Waals surface area contributed by atoms with Gasteiger partial charge >= 0.3 is 0 Å². The van der Waals surface area contributed by atoms with E-state index in [4.69, 9.17) is 5.73 Å². The summed E-state index contributed by atoms with van der Waals surface area (Å²) in [5.74, 6) is 0. The summed E-state index contributed by atoms with van der Waals surface area (Å²) in [6.45, 7) is 6.27. The van der Waals surface area contributed by atoms with Crippen LogP contribution in [-0.2, 0) is 0 Å². The van der Waals surface area contributed by atoms with Crippen LogP contribution in [0.4, 0.5) is 17.1 Å². The Morgan fingerprint density at radius 1 is 0.778 bits per heavy atom. The monoisotopic (exact) mass is 239 g/mol. The summed E-state index contributed by atoms with van der Waals surface area (Å²) in [7, 11) is 0. The lowest BCUT2D eigenvalue weighted by atomic mass is 10.0. The number of nitrogen functional groups attached to an aromatic ring is 1. The van der Waals surface area contributed by atoms with E-state index in [0.29, 0.717) is 0 Å². The standard InChI is InChI=1S/C15H17N3/c1-10-4-9-15(12(3)11(10)2)18-17-14-7-5-13(16)6-8-14/h4-9H,16H2,1-3H3. The Bertz CT molecular complexity index is 583. The Labute approximate surface area is 107 Å². The number of hydrogen-bond acceptors (Lipinski definition) is 3. The summed E-state index contributed by atoms with van der Waals surface area (Å²) >= 11 is 0. The summed E-state index contributed by atoms with van der Waals surface area (Å²) in [6, 6.07) is 11.4. The first-order valence-corrected chi connectivity index (χ1v) is 5.92. The smallest absolute Gasteiger partial charge is 0.0889 e. The number of nitrogens with two attached hydrogens (primary N) is 1. The average Bonchev–Trinajstić information content (AvgIpc) is 2.37. The first-order valence-electron chi connectivity index (χ1n) is 5.92. The SMILES string of the molecule is Cc1ccc(N=Nc2ccc(N)cc2)c(C)c1C. The molecule has 3 heteroatoms. The van der Waals surface area contributed by atoms with Gasteiger partial charge in [0.15, 0.2) is 0 Å². The normalized spacial score (nSPS) is 11.1. The molecule has 2 rings (SSSR count). The van der Waals surface area contributed by atoms with Crippen LogP contribution in [0.3, 0.4) is 0 Å². The second-order valence-corrected chi connectivity index (χ2v) is 4.44. The Kier molecular flexibility index (Phi) is 3.42. The Morgan fingerprint density at radius 3 is 2.11 bits per heavy atom. The highest BCUT2D eigenvalue weighted by atomic mass is 15.1. The highest BCUT2D eigenvalue weighted by molar-refractivity contribution is 5.52. The van der Waals surface area contributed by atoms with Crippen LogP contribution in [0.2, 0.25) is 0 Å². The van der Waals surface area contributed by atoms with Gasteiger partial charge in [-0.2, -0.15) is 10.2 Å². The summed E-state index contributed by atoms with van der Waals surface area (Å²) in [5, 5.41) is 8.51. The summed E-state index contributed by atoms with van der Waals surface area (Å²) in [5.41, 5.74) is 11.8. The zero-order chi connectivity index (χ0) is 13.1. The first-order chi connectivity index (χ1) is 8.58. The minimum atomic E-state index is 0.733. The molecule has 0 amide bonds. The van der Waals surface area contributed by atoms with Gasteiger partial charge in [0.1, 0.15) is 0 Å². The van der Waals surface area contributed by atoms with Crippen molar-refractivity contribution >= 4 is 17.1 Å². The predicted molar refractivity (Wildman–Crippen MR) is 75.7 cm³/mol. The molecule has 3 nitrogen and oxygen atoms in total. The third kappa shape index (κ3) is 2.56. The second-order valence-electron chi connectivity index (χ2n) is 4.44. The van der Waals surface area contributed by atoms with Crippen molar-refractivity contribution in [2.45, 2.75) is 20.8 Å². The quantitative estimate of drug-likeness (QED) is 0.603. The molecule has 0 bridgehead atoms. The third-order valence-corrected chi connectivity index (χ3v) is 3.20. The van der Waals surface area contributed by atoms with Gasteiger partial charge in [-0.1, -0.05) is 6.07 Å². The molecule has 0 fully saturated rings. The summed E-state index contributed by atoms with van der Waals surface area (Å²) in [4.78, 5) is 0. The van der Waals surface area contributed by atoms with Crippen molar-refractivity contribution in [2.24, 2.45) is 10.2 Å². The molecule has 0 aromatic heterocycles. The van der Waals surface area contributed by atoms with Gasteiger partial charge in [-0.15, -0.1) is 0 Å². The molecule has 0 aliphatic rings. The fourth-order valence-corrected chi connectivity index (χ4v) is 1.70. The van der Waals surface area contributed by atoms with Gasteiger partial charge in [-0.3, -0.25) is 0 Å². The molecule has 18 heavy (non-hydrogen) atoms. The molecular formula is C15H17N3. The van der Waals surface area contributed by atoms with Crippen LogP contribution in [-0.4, -0.2) is 0 Å². The van der Waals surface area contributed by atoms with Crippen molar-refractivity contribution in [1.29, 1.82) is 0 Å². The molecule has 0 saturated carbocycles. The molecule has 2 aromatic carbocycles. The minimum Gasteiger partial charge on any atom is -0.399 e. The van der Waals surface area contributed by atoms with Gasteiger partial charge in [0.2, 0.25) is 0 Å². The number of anilines is 1. The lowest BCUT2D eigenvalue weighted by molar-refractivity contribution is 1.18. The van der Waals surface area contributed by atoms with E-state index in [1.54, 1.807) is 0 Å². The van der Waals surface area contributed by atoms with Gasteiger partial charge in [0.05, 0.1) is 11.4 Å². The second kappa shape index (κ2) is 5.00. The molecule has 0 heterocycles. The van der Waals surface area contributed by atoms with Crippen molar-refractivity contribution in [3.8, 4) is 0 Å². The van der Waals surface area contributed by atoms with Crippen LogP contribution < -0.4 is 5.73 Å². The molecular weight excluding hydrogens is 222 g/mol. The highest BCUT2D eigenvalue weighted by Crippen LogP contribution is 2.26. The van der Waals surface area contributed by atoms with E-state index in [0.717, 1.165) is 17.1 Å². The number of aryl methyl sites for hydroxylation is 1. The molecule has 2 aromatic rings. The molecule has 0 saturated heterocycles. The van der Waals surface area contributed by atoms with Crippen LogP contribution in [0.25, 0.3) is 0 Å². The Balaban J connectivity index is 2.29. The molecule has 0 aliphatic heterocycles. The predicted octanol–water partition coefficient (Wildman–Crippen LogP) is 4.61. The third-order valence-electron chi connectivity index (χ3n) is 3.20. The number of benzene rings is 2. The molecule has 0 aliphatic carbocycles. The maximum Gasteiger partial charge on any atom is 0.0889 e. The molecule has 0 atom stereocenters. The van der Waals surface area contributed by atoms with Crippen LogP contribution in [0.5, 0.6) is 0 Å².